The molecule has 9 heteroatoms. The van der Waals surface area contributed by atoms with E-state index < -0.39 is 11.7 Å². The molecular weight excluding hydrogens is 343 g/mol. The second kappa shape index (κ2) is 5.41. The summed E-state index contributed by atoms with van der Waals surface area (Å²) in [6, 6.07) is 2.34. The van der Waals surface area contributed by atoms with Gasteiger partial charge in [-0.2, -0.15) is 18.2 Å². The van der Waals surface area contributed by atoms with Crippen LogP contribution in [0.4, 0.5) is 13.2 Å². The lowest BCUT2D eigenvalue weighted by molar-refractivity contribution is -0.138. The summed E-state index contributed by atoms with van der Waals surface area (Å²) in [4.78, 5) is 3.90. The highest BCUT2D eigenvalue weighted by Crippen LogP contribution is 2.43. The Morgan fingerprint density at radius 2 is 2.10 bits per heavy atom. The first-order chi connectivity index (χ1) is 9.36. The summed E-state index contributed by atoms with van der Waals surface area (Å²) in [7, 11) is 1.14. The summed E-state index contributed by atoms with van der Waals surface area (Å²) < 4.78 is 48.9. The van der Waals surface area contributed by atoms with Crippen LogP contribution in [0.3, 0.4) is 0 Å². The topological polar surface area (TPSA) is 74.2 Å². The number of hydrogen-bond acceptors (Lipinski definition) is 5. The fourth-order valence-corrected chi connectivity index (χ4v) is 2.10. The van der Waals surface area contributed by atoms with Crippen molar-refractivity contribution < 1.29 is 22.4 Å². The molecule has 0 unspecified atom stereocenters. The highest BCUT2D eigenvalue weighted by atomic mass is 79.9. The third kappa shape index (κ3) is 2.78. The minimum atomic E-state index is -4.57. The molecule has 1 aromatic heterocycles. The summed E-state index contributed by atoms with van der Waals surface area (Å²) in [5.74, 6) is -0.269. The van der Waals surface area contributed by atoms with Gasteiger partial charge in [-0.3, -0.25) is 0 Å². The van der Waals surface area contributed by atoms with Gasteiger partial charge >= 0.3 is 6.18 Å². The van der Waals surface area contributed by atoms with Gasteiger partial charge in [-0.25, -0.2) is 0 Å². The van der Waals surface area contributed by atoms with Crippen molar-refractivity contribution in [1.82, 2.24) is 10.1 Å². The van der Waals surface area contributed by atoms with E-state index in [-0.39, 0.29) is 34.0 Å². The van der Waals surface area contributed by atoms with Gasteiger partial charge < -0.3 is 15.0 Å². The van der Waals surface area contributed by atoms with Gasteiger partial charge in [0.05, 0.1) is 24.8 Å². The average Bonchev–Trinajstić information content (AvgIpc) is 2.85. The van der Waals surface area contributed by atoms with E-state index in [1.807, 2.05) is 0 Å². The van der Waals surface area contributed by atoms with Crippen LogP contribution in [0, 0.1) is 0 Å². The number of hydrogen-bond donors (Lipinski definition) is 1. The minimum absolute atomic E-state index is 0.00452. The molecule has 2 rings (SSSR count). The zero-order valence-electron chi connectivity index (χ0n) is 10.2. The molecular formula is C11H9BrF3N3O2. The Bertz CT molecular complexity index is 628. The molecule has 0 fully saturated rings. The molecule has 1 heterocycles. The number of aromatic nitrogens is 2. The highest BCUT2D eigenvalue weighted by molar-refractivity contribution is 9.10. The first kappa shape index (κ1) is 14.8. The lowest BCUT2D eigenvalue weighted by Gasteiger charge is -2.14. The SMILES string of the molecule is COc1c(-c2noc(CN)n2)cc(Br)cc1C(F)(F)F. The Kier molecular flexibility index (Phi) is 4.00. The van der Waals surface area contributed by atoms with Gasteiger partial charge in [0, 0.05) is 4.47 Å². The van der Waals surface area contributed by atoms with Gasteiger partial charge in [-0.1, -0.05) is 21.1 Å². The molecule has 0 aliphatic carbocycles. The first-order valence-corrected chi connectivity index (χ1v) is 6.14. The van der Waals surface area contributed by atoms with Crippen LogP contribution < -0.4 is 10.5 Å². The largest absolute Gasteiger partial charge is 0.495 e. The van der Waals surface area contributed by atoms with Crippen LogP contribution in [0.25, 0.3) is 11.4 Å². The van der Waals surface area contributed by atoms with Gasteiger partial charge in [-0.05, 0) is 12.1 Å². The van der Waals surface area contributed by atoms with E-state index >= 15 is 0 Å². The number of ether oxygens (including phenoxy) is 1. The molecule has 0 saturated carbocycles. The maximum absolute atomic E-state index is 13.0. The molecule has 0 bridgehead atoms. The van der Waals surface area contributed by atoms with Crippen LogP contribution in [0.5, 0.6) is 5.75 Å². The van der Waals surface area contributed by atoms with Crippen molar-refractivity contribution in [2.75, 3.05) is 7.11 Å². The lowest BCUT2D eigenvalue weighted by atomic mass is 10.1. The minimum Gasteiger partial charge on any atom is -0.495 e. The van der Waals surface area contributed by atoms with Crippen molar-refractivity contribution >= 4 is 15.9 Å². The summed E-state index contributed by atoms with van der Waals surface area (Å²) in [6.45, 7) is -0.00452. The van der Waals surface area contributed by atoms with Gasteiger partial charge in [0.15, 0.2) is 0 Å². The summed E-state index contributed by atoms with van der Waals surface area (Å²) in [6.07, 6.45) is -4.57. The van der Waals surface area contributed by atoms with Crippen molar-refractivity contribution in [3.63, 3.8) is 0 Å². The van der Waals surface area contributed by atoms with E-state index in [4.69, 9.17) is 15.0 Å². The molecule has 2 aromatic rings. The number of benzene rings is 1. The predicted molar refractivity (Wildman–Crippen MR) is 66.9 cm³/mol. The van der Waals surface area contributed by atoms with Crippen LogP contribution in [0.15, 0.2) is 21.1 Å². The van der Waals surface area contributed by atoms with E-state index in [1.54, 1.807) is 0 Å². The Labute approximate surface area is 120 Å². The standard InChI is InChI=1S/C11H9BrF3N3O2/c1-19-9-6(10-17-8(4-16)20-18-10)2-5(12)3-7(9)11(13,14)15/h2-3H,4,16H2,1H3. The van der Waals surface area contributed by atoms with Crippen molar-refractivity contribution in [2.24, 2.45) is 5.73 Å². The number of nitrogens with two attached hydrogens (primary N) is 1. The number of alkyl halides is 3. The van der Waals surface area contributed by atoms with Gasteiger partial charge in [0.2, 0.25) is 11.7 Å². The molecule has 0 atom stereocenters. The Hall–Kier alpha value is -1.61. The predicted octanol–water partition coefficient (Wildman–Crippen LogP) is 2.99. The lowest BCUT2D eigenvalue weighted by Crippen LogP contribution is -2.08. The average molecular weight is 352 g/mol. The molecule has 0 aliphatic rings. The summed E-state index contributed by atoms with van der Waals surface area (Å²) in [5, 5.41) is 3.60. The van der Waals surface area contributed by atoms with E-state index in [0.29, 0.717) is 0 Å². The third-order valence-corrected chi connectivity index (χ3v) is 2.90. The second-order valence-corrected chi connectivity index (χ2v) is 4.66. The van der Waals surface area contributed by atoms with Crippen molar-refractivity contribution in [2.45, 2.75) is 12.7 Å². The van der Waals surface area contributed by atoms with E-state index in [1.165, 1.54) is 6.07 Å². The third-order valence-electron chi connectivity index (χ3n) is 2.45. The highest BCUT2D eigenvalue weighted by Gasteiger charge is 2.36. The zero-order valence-corrected chi connectivity index (χ0v) is 11.7. The zero-order chi connectivity index (χ0) is 14.9. The van der Waals surface area contributed by atoms with Crippen LogP contribution in [0.1, 0.15) is 11.5 Å². The number of methoxy groups -OCH3 is 1. The first-order valence-electron chi connectivity index (χ1n) is 5.34. The molecule has 0 amide bonds. The van der Waals surface area contributed by atoms with Crippen molar-refractivity contribution in [1.29, 1.82) is 0 Å². The fraction of sp³-hybridized carbons (Fsp3) is 0.273. The van der Waals surface area contributed by atoms with Crippen LogP contribution >= 0.6 is 15.9 Å². The van der Waals surface area contributed by atoms with E-state index in [9.17, 15) is 13.2 Å². The van der Waals surface area contributed by atoms with E-state index in [0.717, 1.165) is 13.2 Å². The monoisotopic (exact) mass is 351 g/mol. The normalized spacial score (nSPS) is 11.7. The van der Waals surface area contributed by atoms with Crippen LogP contribution in [-0.2, 0) is 12.7 Å². The fourth-order valence-electron chi connectivity index (χ4n) is 1.64. The van der Waals surface area contributed by atoms with Crippen molar-refractivity contribution in [3.8, 4) is 17.1 Å². The summed E-state index contributed by atoms with van der Waals surface area (Å²) >= 11 is 3.02. The smallest absolute Gasteiger partial charge is 0.420 e. The number of nitrogens with zero attached hydrogens (tertiary/aromatic N) is 2. The summed E-state index contributed by atoms with van der Waals surface area (Å²) in [5.41, 5.74) is 4.46. The molecule has 5 nitrogen and oxygen atoms in total. The molecule has 0 spiro atoms. The molecule has 0 aliphatic heterocycles. The molecule has 20 heavy (non-hydrogen) atoms. The molecule has 0 saturated heterocycles. The van der Waals surface area contributed by atoms with Gasteiger partial charge in [0.1, 0.15) is 5.75 Å². The Morgan fingerprint density at radius 3 is 2.60 bits per heavy atom. The molecule has 108 valence electrons. The van der Waals surface area contributed by atoms with Gasteiger partial charge in [0.25, 0.3) is 0 Å². The number of rotatable bonds is 3. The second-order valence-electron chi connectivity index (χ2n) is 3.75. The van der Waals surface area contributed by atoms with Gasteiger partial charge in [-0.15, -0.1) is 0 Å². The molecule has 1 aromatic carbocycles. The maximum atomic E-state index is 13.0. The quantitative estimate of drug-likeness (QED) is 0.919. The molecule has 2 N–H and O–H groups in total. The number of halogens is 4. The molecule has 0 radical (unpaired) electrons. The Balaban J connectivity index is 2.66. The Morgan fingerprint density at radius 1 is 1.40 bits per heavy atom. The maximum Gasteiger partial charge on any atom is 0.420 e. The van der Waals surface area contributed by atoms with Crippen LogP contribution in [0.2, 0.25) is 0 Å². The van der Waals surface area contributed by atoms with Crippen molar-refractivity contribution in [3.05, 3.63) is 28.1 Å². The van der Waals surface area contributed by atoms with Crippen LogP contribution in [-0.4, -0.2) is 17.3 Å². The van der Waals surface area contributed by atoms with E-state index in [2.05, 4.69) is 26.1 Å².